The number of carbonyl (C=O) groups is 1. The lowest BCUT2D eigenvalue weighted by atomic mass is 9.80. The van der Waals surface area contributed by atoms with Crippen LogP contribution in [0.4, 0.5) is 20.4 Å². The first-order chi connectivity index (χ1) is 20.4. The van der Waals surface area contributed by atoms with E-state index < -0.39 is 23.0 Å². The first-order valence-electron chi connectivity index (χ1n) is 14.7. The summed E-state index contributed by atoms with van der Waals surface area (Å²) < 4.78 is 44.1. The molecule has 3 heterocycles. The van der Waals surface area contributed by atoms with Gasteiger partial charge in [-0.1, -0.05) is 18.9 Å². The lowest BCUT2D eigenvalue weighted by molar-refractivity contribution is -0.175. The third kappa shape index (κ3) is 5.77. The molecule has 3 aliphatic rings. The largest absolute Gasteiger partial charge is 0.369 e. The number of nitrogens with zero attached hydrogens (tertiary/aromatic N) is 4. The maximum atomic E-state index is 15.6. The molecule has 42 heavy (non-hydrogen) atoms. The summed E-state index contributed by atoms with van der Waals surface area (Å²) in [7, 11) is 0. The molecular weight excluding hydrogens is 608 g/mol. The number of halogens is 3. The van der Waals surface area contributed by atoms with Crippen molar-refractivity contribution in [2.24, 2.45) is 5.41 Å². The molecule has 1 amide bonds. The fourth-order valence-corrected chi connectivity index (χ4v) is 6.93. The van der Waals surface area contributed by atoms with Crippen LogP contribution in [0.5, 0.6) is 0 Å². The number of nitrogens with one attached hydrogen (secondary N) is 1. The molecular formula is C31H34BrF2N5O3. The van der Waals surface area contributed by atoms with E-state index in [-0.39, 0.29) is 23.8 Å². The Balaban J connectivity index is 1.26. The van der Waals surface area contributed by atoms with Crippen molar-refractivity contribution in [2.45, 2.75) is 70.1 Å². The Kier molecular flexibility index (Phi) is 8.48. The van der Waals surface area contributed by atoms with Crippen molar-refractivity contribution in [3.05, 3.63) is 52.0 Å². The van der Waals surface area contributed by atoms with E-state index in [2.05, 4.69) is 32.3 Å². The zero-order valence-corrected chi connectivity index (χ0v) is 25.0. The molecule has 1 atom stereocenters. The highest BCUT2D eigenvalue weighted by Crippen LogP contribution is 2.40. The molecule has 11 heteroatoms. The van der Waals surface area contributed by atoms with Gasteiger partial charge in [0.2, 0.25) is 5.95 Å². The predicted octanol–water partition coefficient (Wildman–Crippen LogP) is 7.10. The normalized spacial score (nSPS) is 21.0. The standard InChI is InChI=1S/C31H34BrF2N5O3/c32-21-8-5-9-22(33)28(21)29(40)37-30-36-24-16-23(34)25(17-26(24)39(30)20-6-1-2-7-20)38-13-11-31(18-35,12-14-38)19-42-27-10-3-4-15-41-27/h5,8-9,16-17,20,27H,1-4,6-7,10-15,19H2,(H,36,37,40). The quantitative estimate of drug-likeness (QED) is 0.296. The number of carbonyl (C=O) groups excluding carboxylic acids is 1. The van der Waals surface area contributed by atoms with Crippen molar-refractivity contribution in [1.29, 1.82) is 5.26 Å². The van der Waals surface area contributed by atoms with Gasteiger partial charge in [0.15, 0.2) is 6.29 Å². The van der Waals surface area contributed by atoms with Crippen LogP contribution in [-0.2, 0) is 9.47 Å². The van der Waals surface area contributed by atoms with Gasteiger partial charge < -0.3 is 18.9 Å². The Bertz CT molecular complexity index is 1480. The van der Waals surface area contributed by atoms with Crippen LogP contribution in [0, 0.1) is 28.4 Å². The summed E-state index contributed by atoms with van der Waals surface area (Å²) in [5.41, 5.74) is 0.843. The highest BCUT2D eigenvalue weighted by Gasteiger charge is 2.37. The van der Waals surface area contributed by atoms with E-state index in [1.54, 1.807) is 12.1 Å². The van der Waals surface area contributed by atoms with E-state index in [0.717, 1.165) is 50.5 Å². The van der Waals surface area contributed by atoms with Gasteiger partial charge >= 0.3 is 0 Å². The number of amides is 1. The number of ether oxygens (including phenoxy) is 2. The fourth-order valence-electron chi connectivity index (χ4n) is 6.41. The van der Waals surface area contributed by atoms with Gasteiger partial charge in [-0.25, -0.2) is 13.8 Å². The Morgan fingerprint density at radius 1 is 1.14 bits per heavy atom. The monoisotopic (exact) mass is 641 g/mol. The lowest BCUT2D eigenvalue weighted by Crippen LogP contribution is -2.43. The number of piperidine rings is 1. The highest BCUT2D eigenvalue weighted by atomic mass is 79.9. The zero-order chi connectivity index (χ0) is 29.3. The van der Waals surface area contributed by atoms with E-state index in [9.17, 15) is 14.4 Å². The zero-order valence-electron chi connectivity index (χ0n) is 23.4. The third-order valence-corrected chi connectivity index (χ3v) is 9.51. The van der Waals surface area contributed by atoms with Crippen LogP contribution in [0.1, 0.15) is 74.2 Å². The van der Waals surface area contributed by atoms with Crippen molar-refractivity contribution in [3.8, 4) is 6.07 Å². The van der Waals surface area contributed by atoms with Crippen LogP contribution in [0.25, 0.3) is 11.0 Å². The maximum absolute atomic E-state index is 15.6. The Morgan fingerprint density at radius 2 is 1.90 bits per heavy atom. The molecule has 0 radical (unpaired) electrons. The average molecular weight is 643 g/mol. The number of fused-ring (bicyclic) bond motifs is 1. The molecule has 2 aliphatic heterocycles. The van der Waals surface area contributed by atoms with Gasteiger partial charge in [0.25, 0.3) is 5.91 Å². The number of rotatable bonds is 7. The van der Waals surface area contributed by atoms with Gasteiger partial charge in [-0.05, 0) is 79.1 Å². The number of benzene rings is 2. The summed E-state index contributed by atoms with van der Waals surface area (Å²) in [4.78, 5) is 19.7. The van der Waals surface area contributed by atoms with Crippen LogP contribution in [0.15, 0.2) is 34.8 Å². The molecule has 8 nitrogen and oxygen atoms in total. The average Bonchev–Trinajstić information content (AvgIpc) is 3.64. The molecule has 3 aromatic rings. The van der Waals surface area contributed by atoms with Gasteiger partial charge in [0.1, 0.15) is 11.6 Å². The lowest BCUT2D eigenvalue weighted by Gasteiger charge is -2.39. The molecule has 3 fully saturated rings. The van der Waals surface area contributed by atoms with Crippen molar-refractivity contribution >= 4 is 44.5 Å². The second-order valence-electron chi connectivity index (χ2n) is 11.6. The van der Waals surface area contributed by atoms with Crippen molar-refractivity contribution in [2.75, 3.05) is 36.5 Å². The van der Waals surface area contributed by atoms with Crippen molar-refractivity contribution in [1.82, 2.24) is 9.55 Å². The van der Waals surface area contributed by atoms with Gasteiger partial charge in [-0.2, -0.15) is 5.26 Å². The SMILES string of the molecule is N#CC1(COC2CCCCO2)CCN(c2cc3c(cc2F)nc(NC(=O)c2c(F)cccc2Br)n3C2CCCC2)CC1. The van der Waals surface area contributed by atoms with Crippen molar-refractivity contribution in [3.63, 3.8) is 0 Å². The number of hydrogen-bond acceptors (Lipinski definition) is 6. The Hall–Kier alpha value is -3.07. The first kappa shape index (κ1) is 29.0. The summed E-state index contributed by atoms with van der Waals surface area (Å²) >= 11 is 3.27. The summed E-state index contributed by atoms with van der Waals surface area (Å²) in [5, 5.41) is 12.8. The predicted molar refractivity (Wildman–Crippen MR) is 158 cm³/mol. The van der Waals surface area contributed by atoms with E-state index in [0.29, 0.717) is 54.8 Å². The number of nitriles is 1. The molecule has 1 aliphatic carbocycles. The van der Waals surface area contributed by atoms with Gasteiger partial charge in [-0.15, -0.1) is 0 Å². The number of anilines is 2. The maximum Gasteiger partial charge on any atom is 0.262 e. The van der Waals surface area contributed by atoms with Crippen LogP contribution in [-0.4, -0.2) is 48.1 Å². The molecule has 1 N–H and O–H groups in total. The number of imidazole rings is 1. The molecule has 2 saturated heterocycles. The summed E-state index contributed by atoms with van der Waals surface area (Å²) in [6, 6.07) is 10.1. The minimum absolute atomic E-state index is 0.0828. The Labute approximate surface area is 252 Å². The van der Waals surface area contributed by atoms with Crippen LogP contribution in [0.3, 0.4) is 0 Å². The molecule has 6 rings (SSSR count). The third-order valence-electron chi connectivity index (χ3n) is 8.84. The summed E-state index contributed by atoms with van der Waals surface area (Å²) in [6.07, 6.45) is 7.67. The molecule has 222 valence electrons. The topological polar surface area (TPSA) is 92.4 Å². The molecule has 1 aromatic heterocycles. The number of hydrogen-bond donors (Lipinski definition) is 1. The first-order valence-corrected chi connectivity index (χ1v) is 15.5. The van der Waals surface area contributed by atoms with Crippen LogP contribution in [0.2, 0.25) is 0 Å². The minimum atomic E-state index is -0.644. The summed E-state index contributed by atoms with van der Waals surface area (Å²) in [6.45, 7) is 2.00. The second kappa shape index (κ2) is 12.3. The smallest absolute Gasteiger partial charge is 0.262 e. The highest BCUT2D eigenvalue weighted by molar-refractivity contribution is 9.10. The number of aromatic nitrogens is 2. The molecule has 1 unspecified atom stereocenters. The van der Waals surface area contributed by atoms with Gasteiger partial charge in [0, 0.05) is 36.3 Å². The summed E-state index contributed by atoms with van der Waals surface area (Å²) in [5.74, 6) is -1.41. The molecule has 1 saturated carbocycles. The molecule has 0 spiro atoms. The van der Waals surface area contributed by atoms with Crippen LogP contribution >= 0.6 is 15.9 Å². The van der Waals surface area contributed by atoms with Gasteiger partial charge in [-0.3, -0.25) is 10.1 Å². The van der Waals surface area contributed by atoms with E-state index in [4.69, 9.17) is 9.47 Å². The van der Waals surface area contributed by atoms with Gasteiger partial charge in [0.05, 0.1) is 40.4 Å². The molecule has 2 aromatic carbocycles. The second-order valence-corrected chi connectivity index (χ2v) is 12.4. The van der Waals surface area contributed by atoms with E-state index in [1.807, 2.05) is 9.47 Å². The minimum Gasteiger partial charge on any atom is -0.369 e. The van der Waals surface area contributed by atoms with Crippen molar-refractivity contribution < 1.29 is 23.0 Å². The Morgan fingerprint density at radius 3 is 2.60 bits per heavy atom. The fraction of sp³-hybridized carbons (Fsp3) is 0.516. The molecule has 0 bridgehead atoms. The van der Waals surface area contributed by atoms with E-state index >= 15 is 4.39 Å². The van der Waals surface area contributed by atoms with E-state index in [1.165, 1.54) is 18.2 Å². The van der Waals surface area contributed by atoms with Crippen LogP contribution < -0.4 is 10.2 Å².